The number of carbonyl (C=O) groups excluding carboxylic acids is 1. The zero-order valence-electron chi connectivity index (χ0n) is 3.07. The van der Waals surface area contributed by atoms with Crippen LogP contribution in [0, 0.1) is 0 Å². The van der Waals surface area contributed by atoms with E-state index in [1.807, 2.05) is 0 Å². The fourth-order valence-electron chi connectivity index (χ4n) is 0. The molecule has 0 amide bonds. The van der Waals surface area contributed by atoms with Crippen LogP contribution in [0.5, 0.6) is 0 Å². The van der Waals surface area contributed by atoms with E-state index in [4.69, 9.17) is 9.90 Å². The van der Waals surface area contributed by atoms with Gasteiger partial charge in [-0.1, -0.05) is 11.6 Å². The maximum Gasteiger partial charge on any atom is 1.00 e. The van der Waals surface area contributed by atoms with Crippen molar-refractivity contribution in [2.75, 3.05) is 0 Å². The van der Waals surface area contributed by atoms with E-state index in [1.54, 1.807) is 0 Å². The second kappa shape index (κ2) is 9.59. The average molecular weight is 138 g/mol. The minimum atomic E-state index is -1.61. The predicted octanol–water partition coefficient (Wildman–Crippen LogP) is -6.42. The van der Waals surface area contributed by atoms with Gasteiger partial charge in [-0.3, -0.25) is 0 Å². The van der Waals surface area contributed by atoms with Crippen molar-refractivity contribution in [1.82, 2.24) is 0 Å². The Kier molecular flexibility index (Phi) is 25.0. The van der Waals surface area contributed by atoms with Crippen LogP contribution < -0.4 is 61.2 Å². The topological polar surface area (TPSA) is 40.1 Å². The van der Waals surface area contributed by atoms with Crippen molar-refractivity contribution in [3.63, 3.8) is 0 Å². The van der Waals surface area contributed by atoms with Gasteiger partial charge >= 0.3 is 51.4 Å². The summed E-state index contributed by atoms with van der Waals surface area (Å²) < 4.78 is 0. The van der Waals surface area contributed by atoms with E-state index in [-0.39, 0.29) is 56.1 Å². The molecule has 0 aliphatic heterocycles. The van der Waals surface area contributed by atoms with Crippen LogP contribution in [0.3, 0.4) is 0 Å². The standard InChI is InChI=1S/CHClO2.FH.K/c2-1(3)4;;/h(H,3,4);1H;/q;;+1/p-2. The number of carboxylic acid groups (broad SMARTS) is 1. The number of hydrogen-bond acceptors (Lipinski definition) is 2. The molecule has 0 aliphatic rings. The van der Waals surface area contributed by atoms with Gasteiger partial charge in [0.15, 0.2) is 0 Å². The van der Waals surface area contributed by atoms with Gasteiger partial charge in [0.1, 0.15) is 5.43 Å². The second-order valence-corrected chi connectivity index (χ2v) is 0.546. The molecule has 0 aromatic heterocycles. The summed E-state index contributed by atoms with van der Waals surface area (Å²) in [5, 5.41) is 8.65. The fraction of sp³-hybridized carbons (Fsp3) is 0. The molecule has 5 heteroatoms. The molecule has 6 heavy (non-hydrogen) atoms. The van der Waals surface area contributed by atoms with Crippen molar-refractivity contribution in [2.45, 2.75) is 0 Å². The first-order chi connectivity index (χ1) is 1.73. The normalized spacial score (nSPS) is 4.17. The quantitative estimate of drug-likeness (QED) is 0.246. The van der Waals surface area contributed by atoms with Gasteiger partial charge < -0.3 is 14.6 Å². The van der Waals surface area contributed by atoms with Crippen LogP contribution in [-0.2, 0) is 0 Å². The first-order valence-electron chi connectivity index (χ1n) is 0.597. The van der Waals surface area contributed by atoms with E-state index in [1.165, 1.54) is 0 Å². The molecule has 0 N–H and O–H groups in total. The van der Waals surface area contributed by atoms with Gasteiger partial charge in [-0.25, -0.2) is 0 Å². The largest absolute Gasteiger partial charge is 1.00 e. The van der Waals surface area contributed by atoms with Crippen LogP contribution >= 0.6 is 11.6 Å². The summed E-state index contributed by atoms with van der Waals surface area (Å²) in [5.74, 6) is 0. The number of rotatable bonds is 0. The molecule has 0 atom stereocenters. The number of carbonyl (C=O) groups is 1. The third-order valence-corrected chi connectivity index (χ3v) is 0. The van der Waals surface area contributed by atoms with E-state index in [9.17, 15) is 0 Å². The first-order valence-corrected chi connectivity index (χ1v) is 0.975. The Morgan fingerprint density at radius 3 is 1.67 bits per heavy atom. The summed E-state index contributed by atoms with van der Waals surface area (Å²) in [7, 11) is 0. The molecule has 0 aromatic carbocycles. The van der Waals surface area contributed by atoms with Crippen LogP contribution in [0.25, 0.3) is 0 Å². The van der Waals surface area contributed by atoms with Crippen molar-refractivity contribution in [3.8, 4) is 0 Å². The van der Waals surface area contributed by atoms with Crippen LogP contribution in [-0.4, -0.2) is 5.43 Å². The van der Waals surface area contributed by atoms with Crippen molar-refractivity contribution in [3.05, 3.63) is 0 Å². The summed E-state index contributed by atoms with van der Waals surface area (Å²) >= 11 is 4.08. The Morgan fingerprint density at radius 1 is 1.67 bits per heavy atom. The monoisotopic (exact) mass is 137 g/mol. The van der Waals surface area contributed by atoms with Crippen molar-refractivity contribution in [2.24, 2.45) is 0 Å². The molecule has 0 aliphatic carbocycles. The van der Waals surface area contributed by atoms with E-state index in [2.05, 4.69) is 11.6 Å². The summed E-state index contributed by atoms with van der Waals surface area (Å²) in [4.78, 5) is 8.65. The summed E-state index contributed by atoms with van der Waals surface area (Å²) in [6.45, 7) is 0. The smallest absolute Gasteiger partial charge is 1.00 e. The Balaban J connectivity index is -0.0000000450. The van der Waals surface area contributed by atoms with Crippen molar-refractivity contribution < 1.29 is 66.0 Å². The molecule has 0 unspecified atom stereocenters. The fourth-order valence-corrected chi connectivity index (χ4v) is 0. The maximum atomic E-state index is 8.65. The van der Waals surface area contributed by atoms with E-state index in [0.29, 0.717) is 0 Å². The summed E-state index contributed by atoms with van der Waals surface area (Å²) in [6, 6.07) is 0. The molecule has 32 valence electrons. The molecule has 0 rings (SSSR count). The molecule has 0 saturated carbocycles. The third kappa shape index (κ3) is 56.7. The van der Waals surface area contributed by atoms with E-state index < -0.39 is 5.43 Å². The van der Waals surface area contributed by atoms with Crippen LogP contribution in [0.2, 0.25) is 0 Å². The van der Waals surface area contributed by atoms with Crippen LogP contribution in [0.4, 0.5) is 4.79 Å². The Morgan fingerprint density at radius 2 is 1.67 bits per heavy atom. The summed E-state index contributed by atoms with van der Waals surface area (Å²) in [6.07, 6.45) is 0. The van der Waals surface area contributed by atoms with Gasteiger partial charge in [-0.15, -0.1) is 0 Å². The van der Waals surface area contributed by atoms with Crippen LogP contribution in [0.1, 0.15) is 0 Å². The maximum absolute atomic E-state index is 8.65. The minimum Gasteiger partial charge on any atom is -1.00 e. The molecule has 2 nitrogen and oxygen atoms in total. The molecular formula is CClFKO2-. The molecule has 0 radical (unpaired) electrons. The summed E-state index contributed by atoms with van der Waals surface area (Å²) in [5.41, 5.74) is -1.61. The van der Waals surface area contributed by atoms with Gasteiger partial charge in [0.25, 0.3) is 0 Å². The Hall–Kier alpha value is 1.33. The molecular weight excluding hydrogens is 138 g/mol. The van der Waals surface area contributed by atoms with Gasteiger partial charge in [0.2, 0.25) is 0 Å². The zero-order valence-corrected chi connectivity index (χ0v) is 6.95. The van der Waals surface area contributed by atoms with Crippen molar-refractivity contribution in [1.29, 1.82) is 0 Å². The Bertz CT molecular complexity index is 36.5. The van der Waals surface area contributed by atoms with Crippen molar-refractivity contribution >= 4 is 17.0 Å². The molecule has 0 saturated heterocycles. The van der Waals surface area contributed by atoms with Gasteiger partial charge in [0, 0.05) is 0 Å². The van der Waals surface area contributed by atoms with E-state index in [0.717, 1.165) is 0 Å². The third-order valence-electron chi connectivity index (χ3n) is 0. The molecule has 0 aromatic rings. The van der Waals surface area contributed by atoms with Gasteiger partial charge in [0.05, 0.1) is 0 Å². The minimum absolute atomic E-state index is 0. The second-order valence-electron chi connectivity index (χ2n) is 0.238. The first kappa shape index (κ1) is 15.7. The van der Waals surface area contributed by atoms with Gasteiger partial charge in [-0.2, -0.15) is 0 Å². The number of hydrogen-bond donors (Lipinski definition) is 0. The van der Waals surface area contributed by atoms with E-state index >= 15 is 0 Å². The van der Waals surface area contributed by atoms with Gasteiger partial charge in [-0.05, 0) is 0 Å². The molecule has 0 bridgehead atoms. The SMILES string of the molecule is O=C([O-])Cl.[F-].[K+]. The molecule has 0 heterocycles. The molecule has 0 fully saturated rings. The molecule has 0 spiro atoms. The Labute approximate surface area is 81.6 Å². The number of halogens is 2. The predicted molar refractivity (Wildman–Crippen MR) is 11.2 cm³/mol. The average Bonchev–Trinajstić information content (AvgIpc) is 0.811. The zero-order chi connectivity index (χ0) is 3.58. The van der Waals surface area contributed by atoms with Crippen LogP contribution in [0.15, 0.2) is 0 Å².